The first-order chi connectivity index (χ1) is 11.5. The molecule has 17 heteroatoms. The Morgan fingerprint density at radius 2 is 0.536 bits per heavy atom. The van der Waals surface area contributed by atoms with Crippen molar-refractivity contribution in [3.8, 4) is 0 Å². The second-order valence-corrected chi connectivity index (χ2v) is 16.6. The summed E-state index contributed by atoms with van der Waals surface area (Å²) in [5.41, 5.74) is -2.01. The summed E-state index contributed by atoms with van der Waals surface area (Å²) in [6, 6.07) is 0. The Morgan fingerprint density at radius 3 is 0.679 bits per heavy atom. The maximum absolute atomic E-state index is 6.07. The molecule has 28 heavy (non-hydrogen) atoms. The van der Waals surface area contributed by atoms with Crippen LogP contribution < -0.4 is 29.6 Å². The molecule has 0 amide bonds. The molecule has 1 aromatic rings. The number of alkyl halides is 15. The van der Waals surface area contributed by atoms with Crippen LogP contribution in [0.25, 0.3) is 0 Å². The minimum atomic E-state index is -2.38. The quantitative estimate of drug-likeness (QED) is 0.156. The van der Waals surface area contributed by atoms with E-state index in [1.165, 1.54) is 0 Å². The van der Waals surface area contributed by atoms with Crippen molar-refractivity contribution in [3.63, 3.8) is 0 Å². The molecule has 0 saturated heterocycles. The molecule has 0 spiro atoms. The Bertz CT molecular complexity index is 685. The zero-order valence-corrected chi connectivity index (χ0v) is 26.9. The van der Waals surface area contributed by atoms with E-state index in [1.807, 2.05) is 0 Å². The van der Waals surface area contributed by atoms with Crippen molar-refractivity contribution in [1.82, 2.24) is 0 Å². The molecule has 0 saturated carbocycles. The predicted molar refractivity (Wildman–Crippen MR) is 131 cm³/mol. The molecule has 1 rings (SSSR count). The summed E-state index contributed by atoms with van der Waals surface area (Å²) in [7, 11) is 0. The van der Waals surface area contributed by atoms with Gasteiger partial charge in [-0.25, -0.2) is 0 Å². The molecular weight excluding hydrogens is 719 g/mol. The van der Waals surface area contributed by atoms with Gasteiger partial charge in [0.25, 0.3) is 0 Å². The topological polar surface area (TPSA) is 0 Å². The molecule has 0 nitrogen and oxygen atoms in total. The molecule has 158 valence electrons. The van der Waals surface area contributed by atoms with E-state index < -0.39 is 35.7 Å². The largest absolute Gasteiger partial charge is 1.00 e. The zero-order chi connectivity index (χ0) is 22.0. The van der Waals surface area contributed by atoms with Crippen LogP contribution in [0, 0.1) is 0 Å². The Labute approximate surface area is 265 Å². The fraction of sp³-hybridized carbons (Fsp3) is 0.455. The van der Waals surface area contributed by atoms with E-state index in [0.717, 1.165) is 0 Å². The molecule has 0 aliphatic heterocycles. The summed E-state index contributed by atoms with van der Waals surface area (Å²) in [5.74, 6) is 0. The van der Waals surface area contributed by atoms with Crippen molar-refractivity contribution in [2.45, 2.75) is 23.9 Å². The summed E-state index contributed by atoms with van der Waals surface area (Å²) in [4.78, 5) is -0.268. The van der Waals surface area contributed by atoms with E-state index in [2.05, 4.69) is 12.6 Å². The van der Waals surface area contributed by atoms with Gasteiger partial charge in [-0.1, -0.05) is 174 Å². The Kier molecular flexibility index (Phi) is 12.8. The van der Waals surface area contributed by atoms with Crippen LogP contribution in [0.3, 0.4) is 0 Å². The standard InChI is InChI=1S/C11HCl15S.Na.H/c12-7(13,14)1-2(8(15,16)17)4(10(21,22)23)6(27)5(11(24,25)26)3(1)9(18,19)20;;/h27H;;/q;+1;-1. The van der Waals surface area contributed by atoms with E-state index >= 15 is 0 Å². The van der Waals surface area contributed by atoms with Gasteiger partial charge in [-0.3, -0.25) is 0 Å². The first-order valence-corrected chi connectivity index (χ1v) is 11.9. The van der Waals surface area contributed by atoms with Crippen LogP contribution in [0.15, 0.2) is 4.90 Å². The predicted octanol–water partition coefficient (Wildman–Crippen LogP) is 8.23. The van der Waals surface area contributed by atoms with E-state index in [1.54, 1.807) is 0 Å². The van der Waals surface area contributed by atoms with Gasteiger partial charge in [0.1, 0.15) is 0 Å². The number of hydrogen-bond donors (Lipinski definition) is 1. The molecule has 0 aliphatic rings. The van der Waals surface area contributed by atoms with Gasteiger partial charge in [0.2, 0.25) is 19.0 Å². The number of halogens is 15. The fourth-order valence-corrected chi connectivity index (χ4v) is 5.93. The van der Waals surface area contributed by atoms with Crippen LogP contribution >= 0.6 is 187 Å². The number of rotatable bonds is 0. The second kappa shape index (κ2) is 10.9. The summed E-state index contributed by atoms with van der Waals surface area (Å²) in [5, 5.41) is 0. The molecule has 0 aliphatic carbocycles. The first kappa shape index (κ1) is 32.9. The average Bonchev–Trinajstić information content (AvgIpc) is 2.29. The molecule has 0 N–H and O–H groups in total. The molecule has 0 unspecified atom stereocenters. The summed E-state index contributed by atoms with van der Waals surface area (Å²) in [6.45, 7) is 0. The molecule has 0 heterocycles. The second-order valence-electron chi connectivity index (χ2n) is 4.71. The number of hydrogen-bond acceptors (Lipinski definition) is 1. The van der Waals surface area contributed by atoms with Gasteiger partial charge in [0.05, 0.1) is 0 Å². The minimum Gasteiger partial charge on any atom is -1.00 e. The molecule has 0 bridgehead atoms. The molecular formula is C11H2Cl15NaS. The van der Waals surface area contributed by atoms with Gasteiger partial charge < -0.3 is 1.43 Å². The van der Waals surface area contributed by atoms with Gasteiger partial charge in [-0.2, -0.15) is 0 Å². The molecule has 0 radical (unpaired) electrons. The minimum absolute atomic E-state index is 0. The maximum atomic E-state index is 6.07. The summed E-state index contributed by atoms with van der Waals surface area (Å²) >= 11 is 95.0. The SMILES string of the molecule is Sc1c(C(Cl)(Cl)Cl)c(C(Cl)(Cl)Cl)c(C(Cl)(Cl)Cl)c(C(Cl)(Cl)Cl)c1C(Cl)(Cl)Cl.[H-].[Na+]. The van der Waals surface area contributed by atoms with Crippen LogP contribution in [0.5, 0.6) is 0 Å². The smallest absolute Gasteiger partial charge is 1.00 e. The summed E-state index contributed by atoms with van der Waals surface area (Å²) < 4.78 is -11.6. The third kappa shape index (κ3) is 7.97. The van der Waals surface area contributed by atoms with Gasteiger partial charge in [-0.15, -0.1) is 12.6 Å². The molecule has 0 atom stereocenters. The van der Waals surface area contributed by atoms with Gasteiger partial charge in [0.15, 0.2) is 0 Å². The fourth-order valence-electron chi connectivity index (χ4n) is 2.14. The van der Waals surface area contributed by atoms with E-state index in [-0.39, 0.29) is 47.0 Å². The van der Waals surface area contributed by atoms with Crippen molar-refractivity contribution in [1.29, 1.82) is 0 Å². The van der Waals surface area contributed by atoms with Crippen LogP contribution in [0.1, 0.15) is 29.2 Å². The Balaban J connectivity index is 0. The van der Waals surface area contributed by atoms with Gasteiger partial charge in [0, 0.05) is 32.7 Å². The van der Waals surface area contributed by atoms with E-state index in [9.17, 15) is 0 Å². The van der Waals surface area contributed by atoms with Crippen LogP contribution in [-0.4, -0.2) is 0 Å². The van der Waals surface area contributed by atoms with Crippen molar-refractivity contribution in [2.75, 3.05) is 0 Å². The van der Waals surface area contributed by atoms with Crippen molar-refractivity contribution in [2.24, 2.45) is 0 Å². The van der Waals surface area contributed by atoms with Crippen molar-refractivity contribution < 1.29 is 31.0 Å². The number of thiol groups is 1. The normalized spacial score (nSPS) is 14.1. The third-order valence-electron chi connectivity index (χ3n) is 2.89. The maximum Gasteiger partial charge on any atom is 1.00 e. The Hall–Kier alpha value is 4.92. The third-order valence-corrected chi connectivity index (χ3v) is 6.17. The first-order valence-electron chi connectivity index (χ1n) is 5.81. The van der Waals surface area contributed by atoms with E-state index in [0.29, 0.717) is 0 Å². The van der Waals surface area contributed by atoms with Crippen molar-refractivity contribution >= 4 is 187 Å². The van der Waals surface area contributed by atoms with Crippen LogP contribution in [0.2, 0.25) is 0 Å². The van der Waals surface area contributed by atoms with Crippen LogP contribution in [0.4, 0.5) is 0 Å². The Morgan fingerprint density at radius 1 is 0.393 bits per heavy atom. The van der Waals surface area contributed by atoms with Crippen molar-refractivity contribution in [3.05, 3.63) is 27.8 Å². The summed E-state index contributed by atoms with van der Waals surface area (Å²) in [6.07, 6.45) is 0. The zero-order valence-electron chi connectivity index (χ0n) is 13.6. The van der Waals surface area contributed by atoms with E-state index in [4.69, 9.17) is 174 Å². The molecule has 0 aromatic heterocycles. The average molecular weight is 721 g/mol. The van der Waals surface area contributed by atoms with Crippen LogP contribution in [-0.2, 0) is 19.0 Å². The van der Waals surface area contributed by atoms with Gasteiger partial charge >= 0.3 is 29.6 Å². The number of benzene rings is 1. The van der Waals surface area contributed by atoms with Gasteiger partial charge in [-0.05, 0) is 0 Å². The monoisotopic (exact) mass is 714 g/mol. The molecule has 0 fully saturated rings. The molecule has 1 aromatic carbocycles.